The topological polar surface area (TPSA) is 12.0 Å². The zero-order valence-electron chi connectivity index (χ0n) is 10.7. The third-order valence-electron chi connectivity index (χ3n) is 3.51. The van der Waals surface area contributed by atoms with Crippen LogP contribution >= 0.6 is 0 Å². The number of alkyl halides is 1. The predicted octanol–water partition coefficient (Wildman–Crippen LogP) is 3.54. The maximum absolute atomic E-state index is 14.5. The van der Waals surface area contributed by atoms with Gasteiger partial charge in [-0.15, -0.1) is 0 Å². The summed E-state index contributed by atoms with van der Waals surface area (Å²) >= 11 is 0. The average Bonchev–Trinajstić information content (AvgIpc) is 2.16. The molecule has 0 aliphatic carbocycles. The van der Waals surface area contributed by atoms with Gasteiger partial charge in [0.1, 0.15) is 5.67 Å². The van der Waals surface area contributed by atoms with Crippen molar-refractivity contribution in [2.24, 2.45) is 11.3 Å². The first-order chi connectivity index (χ1) is 6.81. The third-order valence-corrected chi connectivity index (χ3v) is 3.51. The van der Waals surface area contributed by atoms with Crippen molar-refractivity contribution in [1.29, 1.82) is 0 Å². The Kier molecular flexibility index (Phi) is 4.16. The highest BCUT2D eigenvalue weighted by Gasteiger charge is 2.35. The fourth-order valence-corrected chi connectivity index (χ4v) is 2.19. The molecule has 0 saturated carbocycles. The molecule has 15 heavy (non-hydrogen) atoms. The number of nitrogens with one attached hydrogen (secondary N) is 1. The molecule has 0 spiro atoms. The van der Waals surface area contributed by atoms with Crippen molar-refractivity contribution >= 4 is 0 Å². The van der Waals surface area contributed by atoms with Crippen LogP contribution in [0.1, 0.15) is 53.4 Å². The van der Waals surface area contributed by atoms with E-state index in [-0.39, 0.29) is 11.3 Å². The second-order valence-corrected chi connectivity index (χ2v) is 6.38. The minimum atomic E-state index is -0.985. The second-order valence-electron chi connectivity index (χ2n) is 6.38. The van der Waals surface area contributed by atoms with Gasteiger partial charge < -0.3 is 5.32 Å². The van der Waals surface area contributed by atoms with E-state index in [1.165, 1.54) is 0 Å². The van der Waals surface area contributed by atoms with Gasteiger partial charge in [-0.25, -0.2) is 4.39 Å². The molecule has 90 valence electrons. The number of halogens is 1. The Hall–Kier alpha value is -0.110. The summed E-state index contributed by atoms with van der Waals surface area (Å²) < 4.78 is 14.5. The first-order valence-corrected chi connectivity index (χ1v) is 6.21. The Morgan fingerprint density at radius 1 is 1.20 bits per heavy atom. The smallest absolute Gasteiger partial charge is 0.112 e. The number of piperidine rings is 1. The van der Waals surface area contributed by atoms with Crippen LogP contribution in [0.25, 0.3) is 0 Å². The molecular weight excluding hydrogens is 189 g/mol. The van der Waals surface area contributed by atoms with Crippen molar-refractivity contribution in [2.75, 3.05) is 13.1 Å². The fraction of sp³-hybridized carbons (Fsp3) is 1.00. The van der Waals surface area contributed by atoms with Gasteiger partial charge in [0.05, 0.1) is 0 Å². The molecule has 0 amide bonds. The summed E-state index contributed by atoms with van der Waals surface area (Å²) in [7, 11) is 0. The van der Waals surface area contributed by atoms with E-state index in [9.17, 15) is 4.39 Å². The van der Waals surface area contributed by atoms with Gasteiger partial charge in [-0.1, -0.05) is 20.8 Å². The van der Waals surface area contributed by atoms with Crippen molar-refractivity contribution in [3.8, 4) is 0 Å². The SMILES string of the molecule is CC(C)(C)CCC(C)(F)C1CCCNC1. The maximum Gasteiger partial charge on any atom is 0.112 e. The molecule has 2 heteroatoms. The molecule has 1 saturated heterocycles. The van der Waals surface area contributed by atoms with Gasteiger partial charge in [0.25, 0.3) is 0 Å². The molecule has 0 aromatic rings. The largest absolute Gasteiger partial charge is 0.316 e. The minimum absolute atomic E-state index is 0.216. The molecular formula is C13H26FN. The van der Waals surface area contributed by atoms with E-state index in [2.05, 4.69) is 26.1 Å². The van der Waals surface area contributed by atoms with Crippen LogP contribution in [0.3, 0.4) is 0 Å². The lowest BCUT2D eigenvalue weighted by atomic mass is 9.78. The van der Waals surface area contributed by atoms with Gasteiger partial charge >= 0.3 is 0 Å². The molecule has 1 N–H and O–H groups in total. The Morgan fingerprint density at radius 3 is 2.33 bits per heavy atom. The van der Waals surface area contributed by atoms with E-state index < -0.39 is 5.67 Å². The lowest BCUT2D eigenvalue weighted by Gasteiger charge is -2.35. The summed E-state index contributed by atoms with van der Waals surface area (Å²) in [5.74, 6) is 0.216. The summed E-state index contributed by atoms with van der Waals surface area (Å²) in [4.78, 5) is 0. The first kappa shape index (κ1) is 13.0. The monoisotopic (exact) mass is 215 g/mol. The van der Waals surface area contributed by atoms with E-state index in [1.54, 1.807) is 6.92 Å². The fourth-order valence-electron chi connectivity index (χ4n) is 2.19. The van der Waals surface area contributed by atoms with Crippen LogP contribution in [-0.2, 0) is 0 Å². The Bertz CT molecular complexity index is 187. The summed E-state index contributed by atoms with van der Waals surface area (Å²) in [6.45, 7) is 10.3. The molecule has 2 atom stereocenters. The van der Waals surface area contributed by atoms with Crippen molar-refractivity contribution in [2.45, 2.75) is 59.0 Å². The molecule has 0 aromatic heterocycles. The second kappa shape index (κ2) is 4.82. The Labute approximate surface area is 93.8 Å². The molecule has 0 aromatic carbocycles. The molecule has 0 bridgehead atoms. The highest BCUT2D eigenvalue weighted by molar-refractivity contribution is 4.87. The molecule has 1 aliphatic rings. The summed E-state index contributed by atoms with van der Waals surface area (Å²) in [5.41, 5.74) is -0.740. The van der Waals surface area contributed by atoms with Crippen LogP contribution in [0.4, 0.5) is 4.39 Å². The van der Waals surface area contributed by atoms with Crippen molar-refractivity contribution < 1.29 is 4.39 Å². The minimum Gasteiger partial charge on any atom is -0.316 e. The van der Waals surface area contributed by atoms with E-state index in [0.29, 0.717) is 6.42 Å². The molecule has 1 fully saturated rings. The highest BCUT2D eigenvalue weighted by Crippen LogP contribution is 2.35. The zero-order chi connectivity index (χ0) is 11.5. The third kappa shape index (κ3) is 4.50. The number of hydrogen-bond acceptors (Lipinski definition) is 1. The first-order valence-electron chi connectivity index (χ1n) is 6.21. The Morgan fingerprint density at radius 2 is 1.87 bits per heavy atom. The van der Waals surface area contributed by atoms with Crippen molar-refractivity contribution in [3.05, 3.63) is 0 Å². The molecule has 1 rings (SSSR count). The van der Waals surface area contributed by atoms with Gasteiger partial charge in [-0.05, 0) is 44.6 Å². The normalized spacial score (nSPS) is 27.4. The standard InChI is InChI=1S/C13H26FN/c1-12(2,3)7-8-13(4,14)11-6-5-9-15-10-11/h11,15H,5-10H2,1-4H3. The molecule has 1 nitrogen and oxygen atoms in total. The van der Waals surface area contributed by atoms with Crippen LogP contribution in [0, 0.1) is 11.3 Å². The molecule has 0 radical (unpaired) electrons. The lowest BCUT2D eigenvalue weighted by Crippen LogP contribution is -2.42. The predicted molar refractivity (Wildman–Crippen MR) is 63.8 cm³/mol. The molecule has 2 unspecified atom stereocenters. The van der Waals surface area contributed by atoms with Gasteiger partial charge in [0, 0.05) is 12.5 Å². The van der Waals surface area contributed by atoms with E-state index >= 15 is 0 Å². The van der Waals surface area contributed by atoms with Gasteiger partial charge in [0.15, 0.2) is 0 Å². The van der Waals surface area contributed by atoms with E-state index in [1.807, 2.05) is 0 Å². The van der Waals surface area contributed by atoms with Gasteiger partial charge in [-0.3, -0.25) is 0 Å². The maximum atomic E-state index is 14.5. The van der Waals surface area contributed by atoms with Crippen LogP contribution in [0.15, 0.2) is 0 Å². The zero-order valence-corrected chi connectivity index (χ0v) is 10.7. The quantitative estimate of drug-likeness (QED) is 0.759. The number of hydrogen-bond donors (Lipinski definition) is 1. The van der Waals surface area contributed by atoms with E-state index in [4.69, 9.17) is 0 Å². The summed E-state index contributed by atoms with van der Waals surface area (Å²) in [6, 6.07) is 0. The number of rotatable bonds is 3. The van der Waals surface area contributed by atoms with Crippen LogP contribution < -0.4 is 5.32 Å². The Balaban J connectivity index is 2.42. The van der Waals surface area contributed by atoms with E-state index in [0.717, 1.165) is 32.4 Å². The van der Waals surface area contributed by atoms with Gasteiger partial charge in [-0.2, -0.15) is 0 Å². The van der Waals surface area contributed by atoms with Crippen LogP contribution in [-0.4, -0.2) is 18.8 Å². The average molecular weight is 215 g/mol. The lowest BCUT2D eigenvalue weighted by molar-refractivity contribution is 0.0611. The van der Waals surface area contributed by atoms with Gasteiger partial charge in [0.2, 0.25) is 0 Å². The highest BCUT2D eigenvalue weighted by atomic mass is 19.1. The van der Waals surface area contributed by atoms with Crippen molar-refractivity contribution in [1.82, 2.24) is 5.32 Å². The van der Waals surface area contributed by atoms with Crippen molar-refractivity contribution in [3.63, 3.8) is 0 Å². The van der Waals surface area contributed by atoms with Crippen LogP contribution in [0.2, 0.25) is 0 Å². The van der Waals surface area contributed by atoms with Crippen LogP contribution in [0.5, 0.6) is 0 Å². The summed E-state index contributed by atoms with van der Waals surface area (Å²) in [5, 5.41) is 3.30. The molecule has 1 aliphatic heterocycles. The molecule has 1 heterocycles. The summed E-state index contributed by atoms with van der Waals surface area (Å²) in [6.07, 6.45) is 3.84.